The van der Waals surface area contributed by atoms with Crippen LogP contribution in [0.1, 0.15) is 22.3 Å². The van der Waals surface area contributed by atoms with E-state index < -0.39 is 0 Å². The van der Waals surface area contributed by atoms with E-state index in [-0.39, 0.29) is 40.2 Å². The van der Waals surface area contributed by atoms with Crippen molar-refractivity contribution in [2.24, 2.45) is 0 Å². The Balaban J connectivity index is 1.56. The lowest BCUT2D eigenvalue weighted by Gasteiger charge is -2.14. The first-order valence-electron chi connectivity index (χ1n) is 11.1. The molecule has 0 spiro atoms. The van der Waals surface area contributed by atoms with Gasteiger partial charge in [-0.2, -0.15) is 4.98 Å². The van der Waals surface area contributed by atoms with Crippen molar-refractivity contribution in [1.29, 1.82) is 0 Å². The summed E-state index contributed by atoms with van der Waals surface area (Å²) in [5, 5.41) is 0. The van der Waals surface area contributed by atoms with Crippen molar-refractivity contribution in [3.8, 4) is 11.6 Å². The molecule has 0 bridgehead atoms. The topological polar surface area (TPSA) is 63.9 Å². The molecule has 0 aliphatic carbocycles. The van der Waals surface area contributed by atoms with Crippen LogP contribution < -0.4 is 10.3 Å². The van der Waals surface area contributed by atoms with Gasteiger partial charge in [0.05, 0.1) is 11.4 Å². The van der Waals surface area contributed by atoms with Crippen molar-refractivity contribution < 1.29 is 13.9 Å². The number of ether oxygens (including phenoxy) is 1. The summed E-state index contributed by atoms with van der Waals surface area (Å²) in [4.78, 5) is 33.0. The number of hydrogen-bond donors (Lipinski definition) is 0. The highest BCUT2D eigenvalue weighted by Gasteiger charge is 2.33. The minimum absolute atomic E-state index is 0.0990. The van der Waals surface area contributed by atoms with Crippen LogP contribution in [-0.4, -0.2) is 24.5 Å². The molecular formula is C27H20FN3O3S2. The largest absolute Gasteiger partial charge is 0.438 e. The normalized spacial score (nSPS) is 14.8. The number of carbonyl (C=O) groups is 1. The van der Waals surface area contributed by atoms with E-state index in [1.165, 1.54) is 27.5 Å². The molecule has 9 heteroatoms. The van der Waals surface area contributed by atoms with Crippen LogP contribution in [-0.2, 0) is 11.3 Å². The van der Waals surface area contributed by atoms with Gasteiger partial charge in [-0.15, -0.1) is 0 Å². The molecule has 6 nitrogen and oxygen atoms in total. The van der Waals surface area contributed by atoms with E-state index in [1.54, 1.807) is 36.5 Å². The molecule has 0 N–H and O–H groups in total. The monoisotopic (exact) mass is 517 g/mol. The summed E-state index contributed by atoms with van der Waals surface area (Å²) in [5.74, 6) is -0.0396. The van der Waals surface area contributed by atoms with Crippen molar-refractivity contribution >= 4 is 45.9 Å². The molecule has 0 saturated carbocycles. The van der Waals surface area contributed by atoms with Crippen LogP contribution in [0.5, 0.6) is 11.6 Å². The maximum absolute atomic E-state index is 13.5. The fraction of sp³-hybridized carbons (Fsp3) is 0.111. The molecule has 3 heterocycles. The average molecular weight is 518 g/mol. The highest BCUT2D eigenvalue weighted by Crippen LogP contribution is 2.35. The van der Waals surface area contributed by atoms with Gasteiger partial charge in [-0.25, -0.2) is 4.39 Å². The molecule has 1 saturated heterocycles. The Morgan fingerprint density at radius 2 is 1.86 bits per heavy atom. The van der Waals surface area contributed by atoms with Crippen molar-refractivity contribution in [3.63, 3.8) is 0 Å². The molecule has 36 heavy (non-hydrogen) atoms. The van der Waals surface area contributed by atoms with Crippen LogP contribution in [0.4, 0.5) is 4.39 Å². The third-order valence-electron chi connectivity index (χ3n) is 5.67. The lowest BCUT2D eigenvalue weighted by Crippen LogP contribution is -2.27. The van der Waals surface area contributed by atoms with Crippen LogP contribution in [0.3, 0.4) is 0 Å². The number of hydrogen-bond acceptors (Lipinski definition) is 6. The minimum atomic E-state index is -0.371. The molecule has 0 atom stereocenters. The first-order chi connectivity index (χ1) is 17.3. The number of aromatic nitrogens is 2. The van der Waals surface area contributed by atoms with Crippen LogP contribution in [0, 0.1) is 19.7 Å². The fourth-order valence-corrected chi connectivity index (χ4v) is 5.08. The van der Waals surface area contributed by atoms with E-state index in [1.807, 2.05) is 32.0 Å². The summed E-state index contributed by atoms with van der Waals surface area (Å²) < 4.78 is 21.1. The Hall–Kier alpha value is -3.82. The number of rotatable bonds is 5. The number of carbonyl (C=O) groups excluding carboxylic acids is 1. The SMILES string of the molecule is Cc1ccc(Oc2nc3ccccn3c(=O)c2/C=C2/SC(=S)N(Cc3ccc(F)cc3)C2=O)c(C)c1. The van der Waals surface area contributed by atoms with E-state index in [0.29, 0.717) is 15.7 Å². The number of fused-ring (bicyclic) bond motifs is 1. The molecular weight excluding hydrogens is 497 g/mol. The fourth-order valence-electron chi connectivity index (χ4n) is 3.84. The van der Waals surface area contributed by atoms with Gasteiger partial charge in [0.1, 0.15) is 27.1 Å². The second kappa shape index (κ2) is 9.67. The third kappa shape index (κ3) is 4.67. The second-order valence-corrected chi connectivity index (χ2v) is 10.0. The Morgan fingerprint density at radius 3 is 2.61 bits per heavy atom. The molecule has 2 aromatic heterocycles. The van der Waals surface area contributed by atoms with Gasteiger partial charge < -0.3 is 4.74 Å². The number of thiocarbonyl (C=S) groups is 1. The predicted octanol–water partition coefficient (Wildman–Crippen LogP) is 5.64. The molecule has 0 radical (unpaired) electrons. The average Bonchev–Trinajstić information content (AvgIpc) is 3.12. The molecule has 180 valence electrons. The van der Waals surface area contributed by atoms with Crippen molar-refractivity contribution in [2.45, 2.75) is 20.4 Å². The number of amides is 1. The molecule has 1 aliphatic rings. The van der Waals surface area contributed by atoms with E-state index in [0.717, 1.165) is 28.5 Å². The summed E-state index contributed by atoms with van der Waals surface area (Å²) in [6, 6.07) is 16.8. The summed E-state index contributed by atoms with van der Waals surface area (Å²) in [7, 11) is 0. The van der Waals surface area contributed by atoms with E-state index >= 15 is 0 Å². The van der Waals surface area contributed by atoms with Gasteiger partial charge in [0.25, 0.3) is 11.5 Å². The van der Waals surface area contributed by atoms with Gasteiger partial charge in [0, 0.05) is 6.20 Å². The number of pyridine rings is 1. The molecule has 5 rings (SSSR count). The van der Waals surface area contributed by atoms with Gasteiger partial charge in [-0.3, -0.25) is 18.9 Å². The van der Waals surface area contributed by atoms with Crippen molar-refractivity contribution in [2.75, 3.05) is 0 Å². The smallest absolute Gasteiger partial charge is 0.269 e. The maximum atomic E-state index is 13.5. The molecule has 1 fully saturated rings. The summed E-state index contributed by atoms with van der Waals surface area (Å²) in [6.07, 6.45) is 3.10. The zero-order valence-corrected chi connectivity index (χ0v) is 21.0. The van der Waals surface area contributed by atoms with Gasteiger partial charge in [0.2, 0.25) is 5.88 Å². The van der Waals surface area contributed by atoms with Gasteiger partial charge in [0.15, 0.2) is 0 Å². The summed E-state index contributed by atoms with van der Waals surface area (Å²) in [5.41, 5.74) is 2.90. The Bertz CT molecular complexity index is 1610. The molecule has 0 unspecified atom stereocenters. The van der Waals surface area contributed by atoms with Crippen LogP contribution in [0.2, 0.25) is 0 Å². The minimum Gasteiger partial charge on any atom is -0.438 e. The highest BCUT2D eigenvalue weighted by atomic mass is 32.2. The lowest BCUT2D eigenvalue weighted by molar-refractivity contribution is -0.122. The standard InChI is InChI=1S/C27H20FN3O3S2/c1-16-6-11-21(17(2)13-16)34-24-20(25(32)30-12-4-3-5-23(30)29-24)14-22-26(33)31(27(35)36-22)15-18-7-9-19(28)10-8-18/h3-14H,15H2,1-2H3/b22-14+. The summed E-state index contributed by atoms with van der Waals surface area (Å²) in [6.45, 7) is 4.09. The lowest BCUT2D eigenvalue weighted by atomic mass is 10.1. The van der Waals surface area contributed by atoms with Crippen LogP contribution >= 0.6 is 24.0 Å². The second-order valence-electron chi connectivity index (χ2n) is 8.33. The number of halogens is 1. The van der Waals surface area contributed by atoms with E-state index in [2.05, 4.69) is 4.98 Å². The Morgan fingerprint density at radius 1 is 1.08 bits per heavy atom. The van der Waals surface area contributed by atoms with Crippen molar-refractivity contribution in [3.05, 3.63) is 110 Å². The third-order valence-corrected chi connectivity index (χ3v) is 7.05. The van der Waals surface area contributed by atoms with Gasteiger partial charge in [-0.1, -0.05) is 59.9 Å². The Kier molecular flexibility index (Phi) is 6.42. The predicted molar refractivity (Wildman–Crippen MR) is 143 cm³/mol. The maximum Gasteiger partial charge on any atom is 0.269 e. The van der Waals surface area contributed by atoms with Crippen LogP contribution in [0.25, 0.3) is 11.7 Å². The number of thioether (sulfide) groups is 1. The van der Waals surface area contributed by atoms with Gasteiger partial charge >= 0.3 is 0 Å². The van der Waals surface area contributed by atoms with E-state index in [9.17, 15) is 14.0 Å². The number of aryl methyl sites for hydroxylation is 2. The quantitative estimate of drug-likeness (QED) is 0.252. The number of benzene rings is 2. The molecule has 4 aromatic rings. The number of nitrogens with zero attached hydrogens (tertiary/aromatic N) is 3. The zero-order valence-electron chi connectivity index (χ0n) is 19.4. The summed E-state index contributed by atoms with van der Waals surface area (Å²) >= 11 is 6.53. The highest BCUT2D eigenvalue weighted by molar-refractivity contribution is 8.26. The van der Waals surface area contributed by atoms with Crippen molar-refractivity contribution in [1.82, 2.24) is 14.3 Å². The molecule has 1 amide bonds. The molecule has 1 aliphatic heterocycles. The molecule has 2 aromatic carbocycles. The first kappa shape index (κ1) is 23.9. The Labute approximate surface area is 216 Å². The van der Waals surface area contributed by atoms with Crippen LogP contribution in [0.15, 0.2) is 76.6 Å². The van der Waals surface area contributed by atoms with E-state index in [4.69, 9.17) is 17.0 Å². The van der Waals surface area contributed by atoms with Gasteiger partial charge in [-0.05, 0) is 61.4 Å². The first-order valence-corrected chi connectivity index (χ1v) is 12.3. The zero-order chi connectivity index (χ0) is 25.4.